The smallest absolute Gasteiger partial charge is 0.0166 e. The predicted octanol–water partition coefficient (Wildman–Crippen LogP) is 2.35. The van der Waals surface area contributed by atoms with Gasteiger partial charge in [0.1, 0.15) is 0 Å². The molecule has 0 aliphatic heterocycles. The summed E-state index contributed by atoms with van der Waals surface area (Å²) in [5.41, 5.74) is 0. The van der Waals surface area contributed by atoms with E-state index < -0.39 is 0 Å². The fraction of sp³-hybridized carbons (Fsp3) is 1.00. The highest BCUT2D eigenvalue weighted by Crippen LogP contribution is 2.03. The number of nitrogens with zero attached hydrogens (tertiary/aromatic N) is 1. The SMILES string of the molecule is CCCC(C)CNC(C)CN(C)CC. The topological polar surface area (TPSA) is 15.3 Å². The second kappa shape index (κ2) is 8.25. The molecular weight excluding hydrogens is 172 g/mol. The Morgan fingerprint density at radius 2 is 1.86 bits per heavy atom. The molecule has 0 spiro atoms. The molecular formula is C12H28N2. The second-order valence-electron chi connectivity index (χ2n) is 4.56. The van der Waals surface area contributed by atoms with Gasteiger partial charge in [-0.05, 0) is 39.4 Å². The van der Waals surface area contributed by atoms with Crippen molar-refractivity contribution in [3.8, 4) is 0 Å². The van der Waals surface area contributed by atoms with Crippen molar-refractivity contribution < 1.29 is 0 Å². The molecule has 0 amide bonds. The van der Waals surface area contributed by atoms with Gasteiger partial charge in [-0.1, -0.05) is 27.2 Å². The Bertz CT molecular complexity index is 125. The van der Waals surface area contributed by atoms with Crippen molar-refractivity contribution in [1.82, 2.24) is 10.2 Å². The number of hydrogen-bond acceptors (Lipinski definition) is 2. The van der Waals surface area contributed by atoms with E-state index in [4.69, 9.17) is 0 Å². The van der Waals surface area contributed by atoms with E-state index in [1.807, 2.05) is 0 Å². The predicted molar refractivity (Wildman–Crippen MR) is 64.7 cm³/mol. The molecule has 0 heterocycles. The molecule has 0 bridgehead atoms. The van der Waals surface area contributed by atoms with Crippen LogP contribution in [-0.4, -0.2) is 37.6 Å². The van der Waals surface area contributed by atoms with Gasteiger partial charge in [0.15, 0.2) is 0 Å². The number of nitrogens with one attached hydrogen (secondary N) is 1. The van der Waals surface area contributed by atoms with Crippen LogP contribution in [0.2, 0.25) is 0 Å². The van der Waals surface area contributed by atoms with E-state index in [2.05, 4.69) is 45.0 Å². The second-order valence-corrected chi connectivity index (χ2v) is 4.56. The Morgan fingerprint density at radius 1 is 1.21 bits per heavy atom. The first-order valence-electron chi connectivity index (χ1n) is 6.02. The summed E-state index contributed by atoms with van der Waals surface area (Å²) < 4.78 is 0. The van der Waals surface area contributed by atoms with E-state index in [1.165, 1.54) is 12.8 Å². The van der Waals surface area contributed by atoms with Crippen LogP contribution in [0.1, 0.15) is 40.5 Å². The molecule has 86 valence electrons. The zero-order valence-electron chi connectivity index (χ0n) is 10.6. The van der Waals surface area contributed by atoms with Gasteiger partial charge < -0.3 is 10.2 Å². The summed E-state index contributed by atoms with van der Waals surface area (Å²) in [5, 5.41) is 3.59. The van der Waals surface area contributed by atoms with Crippen LogP contribution in [0, 0.1) is 5.92 Å². The number of hydrogen-bond donors (Lipinski definition) is 1. The maximum absolute atomic E-state index is 3.59. The fourth-order valence-corrected chi connectivity index (χ4v) is 1.66. The minimum Gasteiger partial charge on any atom is -0.313 e. The van der Waals surface area contributed by atoms with Gasteiger partial charge in [0.05, 0.1) is 0 Å². The summed E-state index contributed by atoms with van der Waals surface area (Å²) in [7, 11) is 2.17. The lowest BCUT2D eigenvalue weighted by Gasteiger charge is -2.22. The third kappa shape index (κ3) is 7.34. The van der Waals surface area contributed by atoms with Crippen molar-refractivity contribution in [2.24, 2.45) is 5.92 Å². The quantitative estimate of drug-likeness (QED) is 0.647. The molecule has 2 nitrogen and oxygen atoms in total. The maximum Gasteiger partial charge on any atom is 0.0166 e. The van der Waals surface area contributed by atoms with Crippen molar-refractivity contribution in [3.63, 3.8) is 0 Å². The van der Waals surface area contributed by atoms with Gasteiger partial charge >= 0.3 is 0 Å². The fourth-order valence-electron chi connectivity index (χ4n) is 1.66. The van der Waals surface area contributed by atoms with Crippen molar-refractivity contribution >= 4 is 0 Å². The average Bonchev–Trinajstić information content (AvgIpc) is 2.15. The van der Waals surface area contributed by atoms with Crippen molar-refractivity contribution in [2.45, 2.75) is 46.6 Å². The standard InChI is InChI=1S/C12H28N2/c1-6-8-11(3)9-13-12(4)10-14(5)7-2/h11-13H,6-10H2,1-5H3. The monoisotopic (exact) mass is 200 g/mol. The highest BCUT2D eigenvalue weighted by molar-refractivity contribution is 4.66. The van der Waals surface area contributed by atoms with Gasteiger partial charge in [0.25, 0.3) is 0 Å². The maximum atomic E-state index is 3.59. The summed E-state index contributed by atoms with van der Waals surface area (Å²) in [6.45, 7) is 12.5. The van der Waals surface area contributed by atoms with E-state index in [-0.39, 0.29) is 0 Å². The van der Waals surface area contributed by atoms with Crippen LogP contribution in [0.25, 0.3) is 0 Å². The lowest BCUT2D eigenvalue weighted by molar-refractivity contribution is 0.301. The molecule has 2 atom stereocenters. The van der Waals surface area contributed by atoms with Crippen LogP contribution in [0.4, 0.5) is 0 Å². The van der Waals surface area contributed by atoms with Gasteiger partial charge in [-0.15, -0.1) is 0 Å². The molecule has 14 heavy (non-hydrogen) atoms. The summed E-state index contributed by atoms with van der Waals surface area (Å²) in [6.07, 6.45) is 2.63. The normalized spacial score (nSPS) is 15.9. The van der Waals surface area contributed by atoms with Gasteiger partial charge in [0.2, 0.25) is 0 Å². The Kier molecular flexibility index (Phi) is 8.20. The third-order valence-corrected chi connectivity index (χ3v) is 2.72. The van der Waals surface area contributed by atoms with E-state index in [1.54, 1.807) is 0 Å². The van der Waals surface area contributed by atoms with Crippen LogP contribution < -0.4 is 5.32 Å². The molecule has 0 aromatic heterocycles. The van der Waals surface area contributed by atoms with E-state index >= 15 is 0 Å². The number of rotatable bonds is 8. The van der Waals surface area contributed by atoms with Crippen LogP contribution in [0.5, 0.6) is 0 Å². The first-order chi connectivity index (χ1) is 6.60. The third-order valence-electron chi connectivity index (χ3n) is 2.72. The zero-order valence-corrected chi connectivity index (χ0v) is 10.6. The Labute approximate surface area is 90.1 Å². The molecule has 0 aliphatic rings. The number of likely N-dealkylation sites (N-methyl/N-ethyl adjacent to an activating group) is 1. The van der Waals surface area contributed by atoms with Crippen LogP contribution >= 0.6 is 0 Å². The van der Waals surface area contributed by atoms with Crippen LogP contribution in [0.15, 0.2) is 0 Å². The molecule has 0 aliphatic carbocycles. The Hall–Kier alpha value is -0.0800. The molecule has 0 fully saturated rings. The summed E-state index contributed by atoms with van der Waals surface area (Å²) >= 11 is 0. The molecule has 0 rings (SSSR count). The van der Waals surface area contributed by atoms with Crippen LogP contribution in [-0.2, 0) is 0 Å². The first-order valence-corrected chi connectivity index (χ1v) is 6.02. The van der Waals surface area contributed by atoms with Gasteiger partial charge in [-0.3, -0.25) is 0 Å². The average molecular weight is 200 g/mol. The van der Waals surface area contributed by atoms with Crippen molar-refractivity contribution in [2.75, 3.05) is 26.7 Å². The van der Waals surface area contributed by atoms with E-state index in [0.29, 0.717) is 6.04 Å². The molecule has 0 aromatic carbocycles. The Morgan fingerprint density at radius 3 is 2.36 bits per heavy atom. The van der Waals surface area contributed by atoms with Crippen molar-refractivity contribution in [1.29, 1.82) is 0 Å². The van der Waals surface area contributed by atoms with Crippen LogP contribution in [0.3, 0.4) is 0 Å². The highest BCUT2D eigenvalue weighted by Gasteiger charge is 2.06. The molecule has 0 saturated carbocycles. The molecule has 0 saturated heterocycles. The van der Waals surface area contributed by atoms with Gasteiger partial charge in [-0.2, -0.15) is 0 Å². The molecule has 2 heteroatoms. The highest BCUT2D eigenvalue weighted by atomic mass is 15.1. The molecule has 0 aromatic rings. The largest absolute Gasteiger partial charge is 0.313 e. The van der Waals surface area contributed by atoms with Crippen molar-refractivity contribution in [3.05, 3.63) is 0 Å². The Balaban J connectivity index is 3.47. The molecule has 0 radical (unpaired) electrons. The van der Waals surface area contributed by atoms with E-state index in [0.717, 1.165) is 25.6 Å². The minimum atomic E-state index is 0.610. The summed E-state index contributed by atoms with van der Waals surface area (Å²) in [6, 6.07) is 0.610. The molecule has 1 N–H and O–H groups in total. The first kappa shape index (κ1) is 13.9. The minimum absolute atomic E-state index is 0.610. The lowest BCUT2D eigenvalue weighted by Crippen LogP contribution is -2.39. The molecule has 2 unspecified atom stereocenters. The summed E-state index contributed by atoms with van der Waals surface area (Å²) in [5.74, 6) is 0.814. The van der Waals surface area contributed by atoms with E-state index in [9.17, 15) is 0 Å². The summed E-state index contributed by atoms with van der Waals surface area (Å²) in [4.78, 5) is 2.35. The lowest BCUT2D eigenvalue weighted by atomic mass is 10.1. The van der Waals surface area contributed by atoms with Gasteiger partial charge in [0, 0.05) is 12.6 Å². The zero-order chi connectivity index (χ0) is 11.0. The van der Waals surface area contributed by atoms with Gasteiger partial charge in [-0.25, -0.2) is 0 Å².